The van der Waals surface area contributed by atoms with E-state index < -0.39 is 5.92 Å². The van der Waals surface area contributed by atoms with E-state index in [1.54, 1.807) is 24.3 Å². The van der Waals surface area contributed by atoms with Gasteiger partial charge in [-0.25, -0.2) is 13.2 Å². The molecule has 0 radical (unpaired) electrons. The minimum atomic E-state index is -2.68. The highest BCUT2D eigenvalue weighted by atomic mass is 19.3. The summed E-state index contributed by atoms with van der Waals surface area (Å²) in [6.07, 6.45) is 0.277. The summed E-state index contributed by atoms with van der Waals surface area (Å²) in [5.41, 5.74) is 4.01. The first-order valence-electron chi connectivity index (χ1n) is 11.2. The lowest BCUT2D eigenvalue weighted by Gasteiger charge is -2.31. The number of likely N-dealkylation sites (tertiary alicyclic amines) is 1. The van der Waals surface area contributed by atoms with Gasteiger partial charge >= 0.3 is 0 Å². The number of amides is 1. The number of piperidine rings is 1. The average Bonchev–Trinajstić information content (AvgIpc) is 2.83. The van der Waals surface area contributed by atoms with Crippen molar-refractivity contribution in [2.75, 3.05) is 19.7 Å². The molecule has 1 amide bonds. The lowest BCUT2D eigenvalue weighted by Crippen LogP contribution is -2.42. The molecule has 1 saturated heterocycles. The Bertz CT molecular complexity index is 1100. The van der Waals surface area contributed by atoms with Crippen LogP contribution in [0.25, 0.3) is 22.3 Å². The predicted octanol–water partition coefficient (Wildman–Crippen LogP) is 6.82. The van der Waals surface area contributed by atoms with E-state index in [1.165, 1.54) is 17.0 Å². The Morgan fingerprint density at radius 3 is 2.15 bits per heavy atom. The molecule has 0 aliphatic carbocycles. The first-order valence-corrected chi connectivity index (χ1v) is 11.2. The Morgan fingerprint density at radius 2 is 1.52 bits per heavy atom. The summed E-state index contributed by atoms with van der Waals surface area (Å²) >= 11 is 0. The lowest BCUT2D eigenvalue weighted by atomic mass is 9.97. The summed E-state index contributed by atoms with van der Waals surface area (Å²) in [4.78, 5) is 14.2. The molecule has 0 atom stereocenters. The van der Waals surface area contributed by atoms with Crippen LogP contribution in [0, 0.1) is 5.82 Å². The summed E-state index contributed by atoms with van der Waals surface area (Å²) in [6, 6.07) is 19.3. The number of carbonyl (C=O) groups is 1. The first-order chi connectivity index (χ1) is 15.9. The van der Waals surface area contributed by atoms with Crippen molar-refractivity contribution < 1.29 is 22.7 Å². The Hall–Kier alpha value is -3.28. The van der Waals surface area contributed by atoms with Crippen LogP contribution in [0.15, 0.2) is 66.7 Å². The van der Waals surface area contributed by atoms with Crippen molar-refractivity contribution >= 4 is 5.91 Å². The van der Waals surface area contributed by atoms with E-state index in [2.05, 4.69) is 0 Å². The van der Waals surface area contributed by atoms with Gasteiger partial charge in [0.05, 0.1) is 6.61 Å². The molecule has 6 heteroatoms. The van der Waals surface area contributed by atoms with Gasteiger partial charge in [0.2, 0.25) is 0 Å². The molecule has 33 heavy (non-hydrogen) atoms. The van der Waals surface area contributed by atoms with Crippen LogP contribution in [0.4, 0.5) is 13.2 Å². The van der Waals surface area contributed by atoms with E-state index in [4.69, 9.17) is 4.74 Å². The fraction of sp³-hybridized carbons (Fsp3) is 0.296. The van der Waals surface area contributed by atoms with Crippen molar-refractivity contribution in [1.29, 1.82) is 0 Å². The summed E-state index contributed by atoms with van der Waals surface area (Å²) in [6.45, 7) is 2.73. The maximum absolute atomic E-state index is 13.4. The van der Waals surface area contributed by atoms with Gasteiger partial charge in [-0.05, 0) is 59.5 Å². The van der Waals surface area contributed by atoms with Crippen LogP contribution in [0.2, 0.25) is 0 Å². The zero-order valence-corrected chi connectivity index (χ0v) is 18.5. The maximum atomic E-state index is 13.4. The van der Waals surface area contributed by atoms with Crippen LogP contribution in [-0.2, 0) is 0 Å². The summed E-state index contributed by atoms with van der Waals surface area (Å²) in [5.74, 6) is -2.49. The monoisotopic (exact) mass is 453 g/mol. The van der Waals surface area contributed by atoms with E-state index in [9.17, 15) is 18.0 Å². The highest BCUT2D eigenvalue weighted by molar-refractivity contribution is 5.95. The van der Waals surface area contributed by atoms with Crippen molar-refractivity contribution in [1.82, 2.24) is 4.90 Å². The predicted molar refractivity (Wildman–Crippen MR) is 123 cm³/mol. The molecule has 1 aliphatic rings. The quantitative estimate of drug-likeness (QED) is 0.410. The van der Waals surface area contributed by atoms with E-state index in [1.807, 2.05) is 37.3 Å². The summed E-state index contributed by atoms with van der Waals surface area (Å²) in [7, 11) is 0. The largest absolute Gasteiger partial charge is 0.493 e. The van der Waals surface area contributed by atoms with Crippen molar-refractivity contribution in [2.45, 2.75) is 32.1 Å². The molecule has 4 rings (SSSR count). The number of rotatable bonds is 6. The zero-order chi connectivity index (χ0) is 23.4. The number of carbonyl (C=O) groups excluding carboxylic acids is 1. The Morgan fingerprint density at radius 1 is 0.909 bits per heavy atom. The van der Waals surface area contributed by atoms with Crippen molar-refractivity contribution in [2.24, 2.45) is 0 Å². The van der Waals surface area contributed by atoms with E-state index in [0.29, 0.717) is 12.2 Å². The van der Waals surface area contributed by atoms with Gasteiger partial charge in [-0.3, -0.25) is 4.79 Å². The van der Waals surface area contributed by atoms with E-state index in [0.717, 1.165) is 34.4 Å². The molecule has 1 heterocycles. The first kappa shape index (κ1) is 22.9. The number of hydrogen-bond donors (Lipinski definition) is 0. The molecule has 0 N–H and O–H groups in total. The smallest absolute Gasteiger partial charge is 0.253 e. The summed E-state index contributed by atoms with van der Waals surface area (Å²) < 4.78 is 46.1. The SMILES string of the molecule is CCCOc1ccc(-c2ccc(C(=O)N3CCC(F)(F)CC3)cc2)cc1-c1ccc(F)cc1. The fourth-order valence-electron chi connectivity index (χ4n) is 3.93. The third-order valence-electron chi connectivity index (χ3n) is 5.84. The average molecular weight is 454 g/mol. The topological polar surface area (TPSA) is 29.5 Å². The zero-order valence-electron chi connectivity index (χ0n) is 18.5. The van der Waals surface area contributed by atoms with Gasteiger partial charge in [0, 0.05) is 37.1 Å². The molecule has 1 aliphatic heterocycles. The molecule has 1 fully saturated rings. The minimum absolute atomic E-state index is 0.0633. The van der Waals surface area contributed by atoms with Crippen molar-refractivity contribution in [3.05, 3.63) is 78.1 Å². The molecular formula is C27H26F3NO2. The molecule has 0 bridgehead atoms. The van der Waals surface area contributed by atoms with Crippen molar-refractivity contribution in [3.8, 4) is 28.0 Å². The molecule has 3 aromatic carbocycles. The molecule has 0 saturated carbocycles. The third kappa shape index (κ3) is 5.38. The standard InChI is InChI=1S/C27H26F3NO2/c1-2-17-33-25-12-9-22(18-24(25)20-7-10-23(28)11-8-20)19-3-5-21(6-4-19)26(32)31-15-13-27(29,30)14-16-31/h3-12,18H,2,13-17H2,1H3. The molecule has 3 nitrogen and oxygen atoms in total. The Kier molecular flexibility index (Phi) is 6.72. The van der Waals surface area contributed by atoms with Crippen LogP contribution < -0.4 is 4.74 Å². The molecule has 172 valence electrons. The van der Waals surface area contributed by atoms with Crippen LogP contribution in [0.5, 0.6) is 5.75 Å². The van der Waals surface area contributed by atoms with Gasteiger partial charge in [0.1, 0.15) is 11.6 Å². The van der Waals surface area contributed by atoms with E-state index >= 15 is 0 Å². The molecule has 3 aromatic rings. The molecular weight excluding hydrogens is 427 g/mol. The number of benzene rings is 3. The number of nitrogens with zero attached hydrogens (tertiary/aromatic N) is 1. The Balaban J connectivity index is 1.58. The maximum Gasteiger partial charge on any atom is 0.253 e. The highest BCUT2D eigenvalue weighted by Crippen LogP contribution is 2.35. The van der Waals surface area contributed by atoms with E-state index in [-0.39, 0.29) is 37.7 Å². The lowest BCUT2D eigenvalue weighted by molar-refractivity contribution is -0.0494. The number of halogens is 3. The van der Waals surface area contributed by atoms with Gasteiger partial charge in [-0.15, -0.1) is 0 Å². The molecule has 0 spiro atoms. The van der Waals surface area contributed by atoms with Crippen LogP contribution >= 0.6 is 0 Å². The normalized spacial score (nSPS) is 15.3. The third-order valence-corrected chi connectivity index (χ3v) is 5.84. The van der Waals surface area contributed by atoms with Gasteiger partial charge < -0.3 is 9.64 Å². The van der Waals surface area contributed by atoms with Crippen LogP contribution in [0.1, 0.15) is 36.5 Å². The minimum Gasteiger partial charge on any atom is -0.493 e. The number of hydrogen-bond acceptors (Lipinski definition) is 2. The molecule has 0 unspecified atom stereocenters. The highest BCUT2D eigenvalue weighted by Gasteiger charge is 2.35. The fourth-order valence-corrected chi connectivity index (χ4v) is 3.93. The van der Waals surface area contributed by atoms with Gasteiger partial charge in [0.15, 0.2) is 0 Å². The van der Waals surface area contributed by atoms with Gasteiger partial charge in [0.25, 0.3) is 11.8 Å². The van der Waals surface area contributed by atoms with Gasteiger partial charge in [-0.2, -0.15) is 0 Å². The second-order valence-corrected chi connectivity index (χ2v) is 8.29. The van der Waals surface area contributed by atoms with Gasteiger partial charge in [-0.1, -0.05) is 37.3 Å². The Labute approximate surface area is 191 Å². The second kappa shape index (κ2) is 9.69. The van der Waals surface area contributed by atoms with Crippen molar-refractivity contribution in [3.63, 3.8) is 0 Å². The van der Waals surface area contributed by atoms with Crippen LogP contribution in [-0.4, -0.2) is 36.4 Å². The number of ether oxygens (including phenoxy) is 1. The second-order valence-electron chi connectivity index (χ2n) is 8.29. The van der Waals surface area contributed by atoms with Crippen LogP contribution in [0.3, 0.4) is 0 Å². The summed E-state index contributed by atoms with van der Waals surface area (Å²) in [5, 5.41) is 0. The molecule has 0 aromatic heterocycles. The number of alkyl halides is 2.